The highest BCUT2D eigenvalue weighted by Gasteiger charge is 2.16. The lowest BCUT2D eigenvalue weighted by Crippen LogP contribution is -2.17. The van der Waals surface area contributed by atoms with Crippen LogP contribution in [0.15, 0.2) is 30.6 Å². The van der Waals surface area contributed by atoms with Crippen LogP contribution in [0.3, 0.4) is 0 Å². The van der Waals surface area contributed by atoms with Crippen molar-refractivity contribution in [1.82, 2.24) is 9.97 Å². The summed E-state index contributed by atoms with van der Waals surface area (Å²) >= 11 is 0. The Kier molecular flexibility index (Phi) is 3.65. The Bertz CT molecular complexity index is 691. The molecule has 1 aromatic carbocycles. The number of carboxylic acids is 1. The van der Waals surface area contributed by atoms with E-state index in [-0.39, 0.29) is 11.4 Å². The van der Waals surface area contributed by atoms with Crippen molar-refractivity contribution in [3.8, 4) is 0 Å². The van der Waals surface area contributed by atoms with E-state index >= 15 is 0 Å². The van der Waals surface area contributed by atoms with Crippen LogP contribution in [0.1, 0.15) is 20.8 Å². The van der Waals surface area contributed by atoms with Gasteiger partial charge in [-0.15, -0.1) is 0 Å². The molecule has 0 spiro atoms. The predicted octanol–water partition coefficient (Wildman–Crippen LogP) is 1.71. The average Bonchev–Trinajstić information content (AvgIpc) is 2.42. The fraction of sp³-hybridized carbons (Fsp3) is 0. The SMILES string of the molecule is O=C(Nc1nccnc1C(=O)O)c1ccc(F)c(F)c1. The number of anilines is 1. The summed E-state index contributed by atoms with van der Waals surface area (Å²) in [5.74, 6) is -4.76. The molecule has 0 fully saturated rings. The third-order valence-corrected chi connectivity index (χ3v) is 2.31. The number of rotatable bonds is 3. The van der Waals surface area contributed by atoms with Crippen LogP contribution in [0.5, 0.6) is 0 Å². The number of nitrogens with one attached hydrogen (secondary N) is 1. The molecule has 2 aromatic rings. The van der Waals surface area contributed by atoms with Crippen LogP contribution in [0.4, 0.5) is 14.6 Å². The predicted molar refractivity (Wildman–Crippen MR) is 63.3 cm³/mol. The highest BCUT2D eigenvalue weighted by molar-refractivity contribution is 6.06. The number of aromatic carboxylic acids is 1. The van der Waals surface area contributed by atoms with E-state index in [0.29, 0.717) is 6.07 Å². The van der Waals surface area contributed by atoms with Gasteiger partial charge in [0.25, 0.3) is 5.91 Å². The lowest BCUT2D eigenvalue weighted by Gasteiger charge is -2.06. The van der Waals surface area contributed by atoms with Crippen molar-refractivity contribution in [2.24, 2.45) is 0 Å². The Morgan fingerprint density at radius 3 is 2.45 bits per heavy atom. The number of hydrogen-bond acceptors (Lipinski definition) is 4. The van der Waals surface area contributed by atoms with Gasteiger partial charge in [0.2, 0.25) is 0 Å². The van der Waals surface area contributed by atoms with E-state index in [9.17, 15) is 18.4 Å². The van der Waals surface area contributed by atoms with Gasteiger partial charge in [-0.1, -0.05) is 0 Å². The maximum atomic E-state index is 13.0. The first-order chi connectivity index (χ1) is 9.49. The number of hydrogen-bond donors (Lipinski definition) is 2. The molecule has 0 saturated carbocycles. The molecule has 102 valence electrons. The lowest BCUT2D eigenvalue weighted by molar-refractivity contribution is 0.0691. The second-order valence-electron chi connectivity index (χ2n) is 3.64. The maximum Gasteiger partial charge on any atom is 0.358 e. The van der Waals surface area contributed by atoms with E-state index in [4.69, 9.17) is 5.11 Å². The van der Waals surface area contributed by atoms with Crippen molar-refractivity contribution >= 4 is 17.7 Å². The van der Waals surface area contributed by atoms with E-state index in [1.807, 2.05) is 0 Å². The van der Waals surface area contributed by atoms with Gasteiger partial charge in [0, 0.05) is 18.0 Å². The van der Waals surface area contributed by atoms with Crippen molar-refractivity contribution in [2.45, 2.75) is 0 Å². The van der Waals surface area contributed by atoms with Gasteiger partial charge < -0.3 is 10.4 Å². The van der Waals surface area contributed by atoms with E-state index < -0.39 is 29.2 Å². The largest absolute Gasteiger partial charge is 0.476 e. The molecule has 8 heteroatoms. The zero-order valence-electron chi connectivity index (χ0n) is 9.80. The average molecular weight is 279 g/mol. The highest BCUT2D eigenvalue weighted by atomic mass is 19.2. The lowest BCUT2D eigenvalue weighted by atomic mass is 10.2. The van der Waals surface area contributed by atoms with E-state index in [1.54, 1.807) is 0 Å². The summed E-state index contributed by atoms with van der Waals surface area (Å²) in [5.41, 5.74) is -0.630. The summed E-state index contributed by atoms with van der Waals surface area (Å²) in [7, 11) is 0. The van der Waals surface area contributed by atoms with Crippen LogP contribution in [0.2, 0.25) is 0 Å². The third-order valence-electron chi connectivity index (χ3n) is 2.31. The first kappa shape index (κ1) is 13.5. The number of amides is 1. The Labute approximate surface area is 111 Å². The van der Waals surface area contributed by atoms with Gasteiger partial charge in [0.1, 0.15) is 0 Å². The van der Waals surface area contributed by atoms with Crippen LogP contribution in [0.25, 0.3) is 0 Å². The molecule has 0 atom stereocenters. The van der Waals surface area contributed by atoms with Crippen molar-refractivity contribution in [1.29, 1.82) is 0 Å². The summed E-state index contributed by atoms with van der Waals surface area (Å²) in [6, 6.07) is 2.55. The smallest absolute Gasteiger partial charge is 0.358 e. The van der Waals surface area contributed by atoms with E-state index in [0.717, 1.165) is 18.3 Å². The van der Waals surface area contributed by atoms with Crippen LogP contribution in [-0.4, -0.2) is 27.0 Å². The maximum absolute atomic E-state index is 13.0. The number of nitrogens with zero attached hydrogens (tertiary/aromatic N) is 2. The van der Waals surface area contributed by atoms with Crippen molar-refractivity contribution in [3.63, 3.8) is 0 Å². The molecule has 1 heterocycles. The molecule has 2 N–H and O–H groups in total. The molecule has 0 saturated heterocycles. The number of benzene rings is 1. The van der Waals surface area contributed by atoms with Gasteiger partial charge in [0.05, 0.1) is 0 Å². The standard InChI is InChI=1S/C12H7F2N3O3/c13-7-2-1-6(5-8(7)14)11(18)17-10-9(12(19)20)15-3-4-16-10/h1-5H,(H,19,20)(H,16,17,18). The summed E-state index contributed by atoms with van der Waals surface area (Å²) < 4.78 is 25.8. The number of halogens is 2. The molecule has 1 amide bonds. The highest BCUT2D eigenvalue weighted by Crippen LogP contribution is 2.13. The molecule has 0 radical (unpaired) electrons. The molecule has 6 nitrogen and oxygen atoms in total. The second kappa shape index (κ2) is 5.39. The van der Waals surface area contributed by atoms with Crippen LogP contribution in [-0.2, 0) is 0 Å². The summed E-state index contributed by atoms with van der Waals surface area (Å²) in [5, 5.41) is 11.0. The number of carbonyl (C=O) groups excluding carboxylic acids is 1. The number of aromatic nitrogens is 2. The van der Waals surface area contributed by atoms with Crippen LogP contribution in [0, 0.1) is 11.6 Å². The molecule has 0 bridgehead atoms. The quantitative estimate of drug-likeness (QED) is 0.892. The van der Waals surface area contributed by atoms with Crippen LogP contribution < -0.4 is 5.32 Å². The second-order valence-corrected chi connectivity index (χ2v) is 3.64. The fourth-order valence-electron chi connectivity index (χ4n) is 1.40. The molecule has 0 aliphatic heterocycles. The molecule has 0 aliphatic rings. The van der Waals surface area contributed by atoms with Crippen LogP contribution >= 0.6 is 0 Å². The third kappa shape index (κ3) is 2.74. The molecule has 20 heavy (non-hydrogen) atoms. The molecule has 1 aromatic heterocycles. The Balaban J connectivity index is 2.28. The fourth-order valence-corrected chi connectivity index (χ4v) is 1.40. The van der Waals surface area contributed by atoms with Crippen molar-refractivity contribution < 1.29 is 23.5 Å². The van der Waals surface area contributed by atoms with Gasteiger partial charge in [-0.25, -0.2) is 23.5 Å². The first-order valence-electron chi connectivity index (χ1n) is 5.29. The van der Waals surface area contributed by atoms with E-state index in [1.165, 1.54) is 6.20 Å². The van der Waals surface area contributed by atoms with E-state index in [2.05, 4.69) is 15.3 Å². The van der Waals surface area contributed by atoms with Gasteiger partial charge >= 0.3 is 5.97 Å². The molecular weight excluding hydrogens is 272 g/mol. The monoisotopic (exact) mass is 279 g/mol. The van der Waals surface area contributed by atoms with Gasteiger partial charge in [-0.05, 0) is 18.2 Å². The topological polar surface area (TPSA) is 92.2 Å². The zero-order chi connectivity index (χ0) is 14.7. The summed E-state index contributed by atoms with van der Waals surface area (Å²) in [4.78, 5) is 29.9. The minimum atomic E-state index is -1.38. The Morgan fingerprint density at radius 1 is 1.10 bits per heavy atom. The van der Waals surface area contributed by atoms with Crippen molar-refractivity contribution in [3.05, 3.63) is 53.5 Å². The summed E-state index contributed by atoms with van der Waals surface area (Å²) in [6.07, 6.45) is 2.34. The minimum absolute atomic E-state index is 0.175. The van der Waals surface area contributed by atoms with Crippen molar-refractivity contribution in [2.75, 3.05) is 5.32 Å². The Morgan fingerprint density at radius 2 is 1.80 bits per heavy atom. The number of carbonyl (C=O) groups is 2. The molecule has 0 unspecified atom stereocenters. The number of carboxylic acid groups (broad SMARTS) is 1. The first-order valence-corrected chi connectivity index (χ1v) is 5.29. The van der Waals surface area contributed by atoms with Gasteiger partial charge in [-0.3, -0.25) is 4.79 Å². The Hall–Kier alpha value is -2.90. The normalized spacial score (nSPS) is 10.1. The molecular formula is C12H7F2N3O3. The zero-order valence-corrected chi connectivity index (χ0v) is 9.80. The molecule has 0 aliphatic carbocycles. The molecule has 2 rings (SSSR count). The van der Waals surface area contributed by atoms with Gasteiger partial charge in [-0.2, -0.15) is 0 Å². The van der Waals surface area contributed by atoms with Gasteiger partial charge in [0.15, 0.2) is 23.1 Å². The minimum Gasteiger partial charge on any atom is -0.476 e. The summed E-state index contributed by atoms with van der Waals surface area (Å²) in [6.45, 7) is 0.